The Morgan fingerprint density at radius 1 is 1.06 bits per heavy atom. The number of benzene rings is 2. The molecule has 0 fully saturated rings. The summed E-state index contributed by atoms with van der Waals surface area (Å²) in [5, 5.41) is 0.463. The Balaban J connectivity index is 2.24. The summed E-state index contributed by atoms with van der Waals surface area (Å²) in [5.41, 5.74) is 2.72. The van der Waals surface area contributed by atoms with Crippen LogP contribution in [-0.2, 0) is 0 Å². The average Bonchev–Trinajstić information content (AvgIpc) is 2.46. The standard InChI is InChI=1S/C14H10ClNO/c1-9-6-7-13-11(8-9)16-14(15)10-4-2-3-5-12(10)17-13/h2-8H,1H3. The monoisotopic (exact) mass is 243 g/mol. The Kier molecular flexibility index (Phi) is 2.37. The molecule has 0 aromatic heterocycles. The number of aryl methyl sites for hydroxylation is 1. The fourth-order valence-corrected chi connectivity index (χ4v) is 2.06. The zero-order valence-corrected chi connectivity index (χ0v) is 10.0. The average molecular weight is 244 g/mol. The van der Waals surface area contributed by atoms with Gasteiger partial charge in [0, 0.05) is 0 Å². The van der Waals surface area contributed by atoms with E-state index >= 15 is 0 Å². The van der Waals surface area contributed by atoms with Crippen molar-refractivity contribution in [1.29, 1.82) is 0 Å². The topological polar surface area (TPSA) is 21.6 Å². The van der Waals surface area contributed by atoms with Crippen LogP contribution >= 0.6 is 11.6 Å². The van der Waals surface area contributed by atoms with E-state index in [0.29, 0.717) is 5.17 Å². The van der Waals surface area contributed by atoms with E-state index in [0.717, 1.165) is 28.3 Å². The summed E-state index contributed by atoms with van der Waals surface area (Å²) >= 11 is 6.20. The van der Waals surface area contributed by atoms with Crippen molar-refractivity contribution in [3.05, 3.63) is 53.6 Å². The molecule has 1 aliphatic heterocycles. The van der Waals surface area contributed by atoms with Crippen LogP contribution in [0.2, 0.25) is 0 Å². The van der Waals surface area contributed by atoms with Crippen molar-refractivity contribution in [3.63, 3.8) is 0 Å². The van der Waals surface area contributed by atoms with Crippen molar-refractivity contribution in [1.82, 2.24) is 0 Å². The third-order valence-corrected chi connectivity index (χ3v) is 2.95. The summed E-state index contributed by atoms with van der Waals surface area (Å²) in [6.45, 7) is 2.02. The molecule has 3 rings (SSSR count). The van der Waals surface area contributed by atoms with E-state index in [9.17, 15) is 0 Å². The van der Waals surface area contributed by atoms with Crippen LogP contribution in [0.5, 0.6) is 11.5 Å². The number of aliphatic imine (C=N–C) groups is 1. The Morgan fingerprint density at radius 2 is 1.88 bits per heavy atom. The number of hydrogen-bond donors (Lipinski definition) is 0. The van der Waals surface area contributed by atoms with Gasteiger partial charge >= 0.3 is 0 Å². The van der Waals surface area contributed by atoms with E-state index in [1.54, 1.807) is 0 Å². The van der Waals surface area contributed by atoms with Gasteiger partial charge in [0.05, 0.1) is 5.56 Å². The number of para-hydroxylation sites is 1. The van der Waals surface area contributed by atoms with Crippen LogP contribution in [0.3, 0.4) is 0 Å². The molecule has 2 aromatic carbocycles. The van der Waals surface area contributed by atoms with Gasteiger partial charge < -0.3 is 4.74 Å². The van der Waals surface area contributed by atoms with Crippen LogP contribution in [0.25, 0.3) is 0 Å². The van der Waals surface area contributed by atoms with Crippen LogP contribution in [0.15, 0.2) is 47.5 Å². The van der Waals surface area contributed by atoms with E-state index in [1.807, 2.05) is 49.4 Å². The first kappa shape index (κ1) is 10.4. The minimum absolute atomic E-state index is 0.463. The van der Waals surface area contributed by atoms with Crippen molar-refractivity contribution in [2.45, 2.75) is 6.92 Å². The van der Waals surface area contributed by atoms with Gasteiger partial charge in [0.2, 0.25) is 0 Å². The number of hydrogen-bond acceptors (Lipinski definition) is 2. The largest absolute Gasteiger partial charge is 0.454 e. The molecule has 2 nitrogen and oxygen atoms in total. The lowest BCUT2D eigenvalue weighted by Gasteiger charge is -2.07. The molecule has 0 saturated carbocycles. The molecule has 0 bridgehead atoms. The summed E-state index contributed by atoms with van der Waals surface area (Å²) < 4.78 is 5.83. The predicted molar refractivity (Wildman–Crippen MR) is 69.7 cm³/mol. The summed E-state index contributed by atoms with van der Waals surface area (Å²) in [6, 6.07) is 13.5. The van der Waals surface area contributed by atoms with Crippen molar-refractivity contribution in [2.24, 2.45) is 4.99 Å². The number of nitrogens with zero attached hydrogens (tertiary/aromatic N) is 1. The molecule has 0 N–H and O–H groups in total. The highest BCUT2D eigenvalue weighted by molar-refractivity contribution is 6.70. The smallest absolute Gasteiger partial charge is 0.153 e. The lowest BCUT2D eigenvalue weighted by atomic mass is 10.2. The SMILES string of the molecule is Cc1ccc2c(c1)N=C(Cl)c1ccccc1O2. The van der Waals surface area contributed by atoms with E-state index in [4.69, 9.17) is 16.3 Å². The minimum atomic E-state index is 0.463. The van der Waals surface area contributed by atoms with Gasteiger partial charge in [-0.2, -0.15) is 0 Å². The third kappa shape index (κ3) is 1.81. The maximum Gasteiger partial charge on any atom is 0.153 e. The van der Waals surface area contributed by atoms with E-state index in [-0.39, 0.29) is 0 Å². The fourth-order valence-electron chi connectivity index (χ4n) is 1.81. The second-order valence-corrected chi connectivity index (χ2v) is 4.33. The predicted octanol–water partition coefficient (Wildman–Crippen LogP) is 4.42. The lowest BCUT2D eigenvalue weighted by Crippen LogP contribution is -1.92. The van der Waals surface area contributed by atoms with Gasteiger partial charge in [-0.3, -0.25) is 0 Å². The zero-order valence-electron chi connectivity index (χ0n) is 9.27. The highest BCUT2D eigenvalue weighted by atomic mass is 35.5. The Hall–Kier alpha value is -1.80. The summed E-state index contributed by atoms with van der Waals surface area (Å²) in [4.78, 5) is 4.40. The molecule has 2 aromatic rings. The Bertz CT molecular complexity index is 619. The molecule has 0 radical (unpaired) electrons. The minimum Gasteiger partial charge on any atom is -0.454 e. The lowest BCUT2D eigenvalue weighted by molar-refractivity contribution is 0.485. The van der Waals surface area contributed by atoms with Crippen molar-refractivity contribution in [2.75, 3.05) is 0 Å². The van der Waals surface area contributed by atoms with Crippen LogP contribution in [-0.4, -0.2) is 5.17 Å². The number of ether oxygens (including phenoxy) is 1. The Labute approximate surface area is 105 Å². The molecule has 0 aliphatic carbocycles. The molecular weight excluding hydrogens is 234 g/mol. The van der Waals surface area contributed by atoms with Crippen molar-refractivity contribution in [3.8, 4) is 11.5 Å². The number of rotatable bonds is 0. The normalized spacial score (nSPS) is 12.9. The van der Waals surface area contributed by atoms with Gasteiger partial charge in [0.1, 0.15) is 16.6 Å². The van der Waals surface area contributed by atoms with E-state index < -0.39 is 0 Å². The molecule has 0 atom stereocenters. The second-order valence-electron chi connectivity index (χ2n) is 3.97. The molecule has 0 spiro atoms. The highest BCUT2D eigenvalue weighted by Crippen LogP contribution is 2.38. The zero-order chi connectivity index (χ0) is 11.8. The molecule has 17 heavy (non-hydrogen) atoms. The molecular formula is C14H10ClNO. The maximum atomic E-state index is 6.20. The van der Waals surface area contributed by atoms with Crippen LogP contribution in [0, 0.1) is 6.92 Å². The van der Waals surface area contributed by atoms with Gasteiger partial charge in [-0.05, 0) is 36.8 Å². The number of fused-ring (bicyclic) bond motifs is 2. The highest BCUT2D eigenvalue weighted by Gasteiger charge is 2.16. The molecule has 1 heterocycles. The summed E-state index contributed by atoms with van der Waals surface area (Å²) in [5.74, 6) is 1.47. The first-order valence-electron chi connectivity index (χ1n) is 5.36. The van der Waals surface area contributed by atoms with Gasteiger partial charge in [-0.1, -0.05) is 29.8 Å². The number of halogens is 1. The van der Waals surface area contributed by atoms with Gasteiger partial charge in [0.25, 0.3) is 0 Å². The molecule has 84 valence electrons. The van der Waals surface area contributed by atoms with Crippen LogP contribution in [0.1, 0.15) is 11.1 Å². The summed E-state index contributed by atoms with van der Waals surface area (Å²) in [6.07, 6.45) is 0. The van der Waals surface area contributed by atoms with Crippen LogP contribution < -0.4 is 4.74 Å². The van der Waals surface area contributed by atoms with Crippen molar-refractivity contribution >= 4 is 22.5 Å². The summed E-state index contributed by atoms with van der Waals surface area (Å²) in [7, 11) is 0. The molecule has 0 saturated heterocycles. The Morgan fingerprint density at radius 3 is 2.76 bits per heavy atom. The van der Waals surface area contributed by atoms with Crippen LogP contribution in [0.4, 0.5) is 5.69 Å². The van der Waals surface area contributed by atoms with E-state index in [1.165, 1.54) is 0 Å². The first-order valence-corrected chi connectivity index (χ1v) is 5.74. The first-order chi connectivity index (χ1) is 8.24. The van der Waals surface area contributed by atoms with E-state index in [2.05, 4.69) is 4.99 Å². The fraction of sp³-hybridized carbons (Fsp3) is 0.0714. The molecule has 0 amide bonds. The van der Waals surface area contributed by atoms with Gasteiger partial charge in [-0.25, -0.2) is 4.99 Å². The van der Waals surface area contributed by atoms with Crippen molar-refractivity contribution < 1.29 is 4.74 Å². The third-order valence-electron chi connectivity index (χ3n) is 2.66. The van der Waals surface area contributed by atoms with Gasteiger partial charge in [0.15, 0.2) is 5.75 Å². The molecule has 0 unspecified atom stereocenters. The maximum absolute atomic E-state index is 6.20. The quantitative estimate of drug-likeness (QED) is 0.671. The molecule has 3 heteroatoms. The second kappa shape index (κ2) is 3.90. The molecule has 1 aliphatic rings. The van der Waals surface area contributed by atoms with Gasteiger partial charge in [-0.15, -0.1) is 0 Å².